The molecule has 0 spiro atoms. The third kappa shape index (κ3) is 2.52. The van der Waals surface area contributed by atoms with E-state index in [1.165, 1.54) is 11.3 Å². The van der Waals surface area contributed by atoms with Crippen LogP contribution in [-0.4, -0.2) is 15.2 Å². The minimum Gasteiger partial charge on any atom is -0.507 e. The number of H-pyrrole nitrogens is 1. The molecule has 0 amide bonds. The highest BCUT2D eigenvalue weighted by Crippen LogP contribution is 2.40. The summed E-state index contributed by atoms with van der Waals surface area (Å²) in [4.78, 5) is 15.1. The second-order valence-electron chi connectivity index (χ2n) is 6.64. The second kappa shape index (κ2) is 5.44. The third-order valence-electron chi connectivity index (χ3n) is 4.45. The molecule has 0 fully saturated rings. The molecule has 0 atom stereocenters. The zero-order chi connectivity index (χ0) is 17.8. The van der Waals surface area contributed by atoms with Crippen molar-refractivity contribution in [2.24, 2.45) is 0 Å². The van der Waals surface area contributed by atoms with Gasteiger partial charge in [0.05, 0.1) is 5.60 Å². The lowest BCUT2D eigenvalue weighted by atomic mass is 9.93. The van der Waals surface area contributed by atoms with Crippen LogP contribution >= 0.6 is 11.3 Å². The molecule has 0 radical (unpaired) electrons. The van der Waals surface area contributed by atoms with E-state index in [4.69, 9.17) is 0 Å². The van der Waals surface area contributed by atoms with Crippen LogP contribution in [0.3, 0.4) is 0 Å². The molecule has 2 aromatic carbocycles. The van der Waals surface area contributed by atoms with E-state index >= 15 is 0 Å². The van der Waals surface area contributed by atoms with E-state index in [0.717, 1.165) is 21.9 Å². The van der Waals surface area contributed by atoms with Gasteiger partial charge in [0.15, 0.2) is 0 Å². The number of rotatable bonds is 2. The SMILES string of the molecule is CC(C)(O)c1ccc(-c2c(O)ccc3[nH]c(=O)c4sccc4c23)cc1. The summed E-state index contributed by atoms with van der Waals surface area (Å²) in [7, 11) is 0. The first-order chi connectivity index (χ1) is 11.9. The van der Waals surface area contributed by atoms with E-state index in [1.807, 2.05) is 35.7 Å². The monoisotopic (exact) mass is 351 g/mol. The Labute approximate surface area is 148 Å². The largest absolute Gasteiger partial charge is 0.507 e. The van der Waals surface area contributed by atoms with Crippen LogP contribution in [0, 0.1) is 0 Å². The number of fused-ring (bicyclic) bond motifs is 3. The van der Waals surface area contributed by atoms with Gasteiger partial charge in [-0.05, 0) is 48.6 Å². The van der Waals surface area contributed by atoms with Crippen molar-refractivity contribution in [3.05, 3.63) is 63.8 Å². The Balaban J connectivity index is 2.06. The fourth-order valence-corrected chi connectivity index (χ4v) is 3.97. The van der Waals surface area contributed by atoms with Crippen LogP contribution in [0.25, 0.3) is 32.1 Å². The first kappa shape index (κ1) is 15.9. The van der Waals surface area contributed by atoms with Crippen LogP contribution in [0.4, 0.5) is 0 Å². The molecule has 4 rings (SSSR count). The molecule has 0 unspecified atom stereocenters. The number of aliphatic hydroxyl groups is 1. The van der Waals surface area contributed by atoms with Gasteiger partial charge < -0.3 is 15.2 Å². The molecular weight excluding hydrogens is 334 g/mol. The number of aromatic amines is 1. The molecule has 0 saturated heterocycles. The highest BCUT2D eigenvalue weighted by atomic mass is 32.1. The number of benzene rings is 2. The summed E-state index contributed by atoms with van der Waals surface area (Å²) in [6.45, 7) is 3.47. The molecule has 0 aliphatic rings. The van der Waals surface area contributed by atoms with Gasteiger partial charge in [-0.15, -0.1) is 11.3 Å². The minimum atomic E-state index is -0.925. The summed E-state index contributed by atoms with van der Waals surface area (Å²) in [5, 5.41) is 24.2. The number of hydrogen-bond acceptors (Lipinski definition) is 4. The average molecular weight is 351 g/mol. The Hall–Kier alpha value is -2.63. The van der Waals surface area contributed by atoms with Gasteiger partial charge in [0.1, 0.15) is 10.4 Å². The summed E-state index contributed by atoms with van der Waals surface area (Å²) in [5.41, 5.74) is 1.95. The summed E-state index contributed by atoms with van der Waals surface area (Å²) in [5.74, 6) is 0.156. The van der Waals surface area contributed by atoms with E-state index in [9.17, 15) is 15.0 Å². The number of aromatic nitrogens is 1. The summed E-state index contributed by atoms with van der Waals surface area (Å²) in [6, 6.07) is 12.7. The molecular formula is C20H17NO3S. The van der Waals surface area contributed by atoms with Gasteiger partial charge in [-0.3, -0.25) is 4.79 Å². The highest BCUT2D eigenvalue weighted by Gasteiger charge is 2.18. The van der Waals surface area contributed by atoms with Crippen molar-refractivity contribution in [1.29, 1.82) is 0 Å². The van der Waals surface area contributed by atoms with Crippen LogP contribution in [0.1, 0.15) is 19.4 Å². The van der Waals surface area contributed by atoms with Crippen LogP contribution in [-0.2, 0) is 5.60 Å². The van der Waals surface area contributed by atoms with E-state index < -0.39 is 5.60 Å². The number of pyridine rings is 1. The quantitative estimate of drug-likeness (QED) is 0.503. The maximum Gasteiger partial charge on any atom is 0.266 e. The predicted octanol–water partition coefficient (Wildman–Crippen LogP) is 4.34. The van der Waals surface area contributed by atoms with Crippen LogP contribution in [0.5, 0.6) is 5.75 Å². The van der Waals surface area contributed by atoms with Crippen LogP contribution in [0.15, 0.2) is 52.6 Å². The Morgan fingerprint density at radius 1 is 1.04 bits per heavy atom. The van der Waals surface area contributed by atoms with Crippen molar-refractivity contribution >= 4 is 32.3 Å². The fourth-order valence-electron chi connectivity index (χ4n) is 3.17. The summed E-state index contributed by atoms with van der Waals surface area (Å²) in [6.07, 6.45) is 0. The van der Waals surface area contributed by atoms with Crippen molar-refractivity contribution in [2.45, 2.75) is 19.4 Å². The fraction of sp³-hybridized carbons (Fsp3) is 0.150. The molecule has 3 N–H and O–H groups in total. The molecule has 2 aromatic heterocycles. The van der Waals surface area contributed by atoms with Gasteiger partial charge in [0.2, 0.25) is 0 Å². The number of hydrogen-bond donors (Lipinski definition) is 3. The minimum absolute atomic E-state index is 0.119. The van der Waals surface area contributed by atoms with E-state index in [-0.39, 0.29) is 11.3 Å². The van der Waals surface area contributed by atoms with Crippen molar-refractivity contribution in [3.63, 3.8) is 0 Å². The van der Waals surface area contributed by atoms with Crippen molar-refractivity contribution in [2.75, 3.05) is 0 Å². The van der Waals surface area contributed by atoms with Crippen LogP contribution in [0.2, 0.25) is 0 Å². The first-order valence-corrected chi connectivity index (χ1v) is 8.82. The smallest absolute Gasteiger partial charge is 0.266 e. The number of phenolic OH excluding ortho intramolecular Hbond substituents is 1. The second-order valence-corrected chi connectivity index (χ2v) is 7.55. The Morgan fingerprint density at radius 2 is 1.76 bits per heavy atom. The van der Waals surface area contributed by atoms with Crippen molar-refractivity contribution in [1.82, 2.24) is 4.98 Å². The molecule has 25 heavy (non-hydrogen) atoms. The normalized spacial score (nSPS) is 12.1. The molecule has 4 aromatic rings. The van der Waals surface area contributed by atoms with Gasteiger partial charge in [0.25, 0.3) is 5.56 Å². The lowest BCUT2D eigenvalue weighted by Crippen LogP contribution is -2.14. The van der Waals surface area contributed by atoms with Crippen molar-refractivity contribution < 1.29 is 10.2 Å². The standard InChI is InChI=1S/C20H17NO3S/c1-20(2,24)12-5-3-11(4-6-12)16-15(22)8-7-14-17(16)13-9-10-25-18(13)19(23)21-14/h3-10,22,24H,1-2H3,(H,21,23). The lowest BCUT2D eigenvalue weighted by molar-refractivity contribution is 0.0786. The highest BCUT2D eigenvalue weighted by molar-refractivity contribution is 7.17. The zero-order valence-corrected chi connectivity index (χ0v) is 14.6. The Bertz CT molecular complexity index is 1150. The topological polar surface area (TPSA) is 73.3 Å². The number of nitrogens with one attached hydrogen (secondary N) is 1. The van der Waals surface area contributed by atoms with Crippen molar-refractivity contribution in [3.8, 4) is 16.9 Å². The number of phenols is 1. The summed E-state index contributed by atoms with van der Waals surface area (Å²) >= 11 is 1.39. The first-order valence-electron chi connectivity index (χ1n) is 7.95. The molecule has 0 bridgehead atoms. The van der Waals surface area contributed by atoms with E-state index in [2.05, 4.69) is 4.98 Å². The molecule has 4 nitrogen and oxygen atoms in total. The van der Waals surface area contributed by atoms with Gasteiger partial charge in [0, 0.05) is 21.9 Å². The molecule has 0 saturated carbocycles. The molecule has 5 heteroatoms. The zero-order valence-electron chi connectivity index (χ0n) is 13.8. The molecule has 0 aliphatic heterocycles. The van der Waals surface area contributed by atoms with E-state index in [0.29, 0.717) is 15.8 Å². The average Bonchev–Trinajstić information content (AvgIpc) is 3.05. The van der Waals surface area contributed by atoms with Gasteiger partial charge in [-0.25, -0.2) is 0 Å². The number of aromatic hydroxyl groups is 1. The molecule has 2 heterocycles. The maximum absolute atomic E-state index is 12.2. The Morgan fingerprint density at radius 3 is 2.44 bits per heavy atom. The van der Waals surface area contributed by atoms with Gasteiger partial charge in [-0.1, -0.05) is 24.3 Å². The van der Waals surface area contributed by atoms with Crippen LogP contribution < -0.4 is 5.56 Å². The van der Waals surface area contributed by atoms with Gasteiger partial charge in [-0.2, -0.15) is 0 Å². The molecule has 126 valence electrons. The predicted molar refractivity (Wildman–Crippen MR) is 102 cm³/mol. The summed E-state index contributed by atoms with van der Waals surface area (Å²) < 4.78 is 0.646. The number of thiophene rings is 1. The van der Waals surface area contributed by atoms with E-state index in [1.54, 1.807) is 26.0 Å². The Kier molecular flexibility index (Phi) is 3.45. The maximum atomic E-state index is 12.2. The third-order valence-corrected chi connectivity index (χ3v) is 5.37. The molecule has 0 aliphatic carbocycles. The lowest BCUT2D eigenvalue weighted by Gasteiger charge is -2.18. The van der Waals surface area contributed by atoms with Gasteiger partial charge >= 0.3 is 0 Å².